The van der Waals surface area contributed by atoms with Gasteiger partial charge in [0.2, 0.25) is 5.91 Å². The van der Waals surface area contributed by atoms with Crippen LogP contribution >= 0.6 is 11.6 Å². The van der Waals surface area contributed by atoms with Crippen molar-refractivity contribution in [2.75, 3.05) is 26.8 Å². The summed E-state index contributed by atoms with van der Waals surface area (Å²) in [5, 5.41) is 2.72. The number of hydrogen-bond acceptors (Lipinski definition) is 5. The summed E-state index contributed by atoms with van der Waals surface area (Å²) >= 11 is 5.62. The maximum Gasteiger partial charge on any atom is 0.274 e. The van der Waals surface area contributed by atoms with E-state index in [1.54, 1.807) is 0 Å². The molecule has 1 aliphatic rings. The number of rotatable bonds is 2. The molecule has 1 aliphatic heterocycles. The van der Waals surface area contributed by atoms with Crippen LogP contribution in [0.15, 0.2) is 12.4 Å². The lowest BCUT2D eigenvalue weighted by molar-refractivity contribution is -0.130. The second-order valence-corrected chi connectivity index (χ2v) is 4.32. The second kappa shape index (κ2) is 5.94. The first-order valence-corrected chi connectivity index (χ1v) is 6.09. The lowest BCUT2D eigenvalue weighted by atomic mass is 10.2. The molecule has 1 aromatic rings. The minimum atomic E-state index is -0.649. The van der Waals surface area contributed by atoms with Crippen LogP contribution in [0.3, 0.4) is 0 Å². The number of amides is 2. The number of aromatic nitrogens is 2. The summed E-state index contributed by atoms with van der Waals surface area (Å²) in [5.41, 5.74) is 0.153. The average molecular weight is 285 g/mol. The van der Waals surface area contributed by atoms with E-state index >= 15 is 0 Å². The quantitative estimate of drug-likeness (QED) is 0.807. The molecule has 7 nitrogen and oxygen atoms in total. The topological polar surface area (TPSA) is 84.4 Å². The van der Waals surface area contributed by atoms with Gasteiger partial charge in [-0.25, -0.2) is 9.97 Å². The Morgan fingerprint density at radius 2 is 2.26 bits per heavy atom. The normalized spacial score (nSPS) is 19.1. The number of nitrogens with one attached hydrogen (secondary N) is 1. The number of ether oxygens (including phenoxy) is 1. The molecule has 0 bridgehead atoms. The third-order valence-electron chi connectivity index (χ3n) is 2.78. The molecule has 2 rings (SSSR count). The predicted molar refractivity (Wildman–Crippen MR) is 66.8 cm³/mol. The first kappa shape index (κ1) is 13.7. The van der Waals surface area contributed by atoms with Gasteiger partial charge in [-0.05, 0) is 0 Å². The maximum absolute atomic E-state index is 12.3. The molecular formula is C11H13ClN4O3. The number of likely N-dealkylation sites (N-methyl/N-ethyl adjacent to an activating group) is 1. The summed E-state index contributed by atoms with van der Waals surface area (Å²) in [5.74, 6) is -0.629. The van der Waals surface area contributed by atoms with Crippen LogP contribution in [-0.2, 0) is 9.53 Å². The molecule has 1 saturated heterocycles. The molecule has 0 saturated carbocycles. The van der Waals surface area contributed by atoms with Gasteiger partial charge in [-0.15, -0.1) is 0 Å². The van der Waals surface area contributed by atoms with Crippen molar-refractivity contribution in [1.29, 1.82) is 0 Å². The van der Waals surface area contributed by atoms with Gasteiger partial charge >= 0.3 is 0 Å². The van der Waals surface area contributed by atoms with Crippen LogP contribution in [0.25, 0.3) is 0 Å². The number of halogens is 1. The van der Waals surface area contributed by atoms with Gasteiger partial charge in [0.25, 0.3) is 5.91 Å². The van der Waals surface area contributed by atoms with Crippen LogP contribution in [0.2, 0.25) is 5.15 Å². The highest BCUT2D eigenvalue weighted by atomic mass is 35.5. The summed E-state index contributed by atoms with van der Waals surface area (Å²) in [4.78, 5) is 33.2. The Bertz CT molecular complexity index is 479. The molecule has 2 amide bonds. The minimum absolute atomic E-state index is 0.153. The number of hydrogen-bond donors (Lipinski definition) is 1. The third-order valence-corrected chi connectivity index (χ3v) is 2.97. The molecule has 1 atom stereocenters. The molecule has 2 heterocycles. The molecule has 1 fully saturated rings. The van der Waals surface area contributed by atoms with Gasteiger partial charge in [0.15, 0.2) is 0 Å². The summed E-state index contributed by atoms with van der Waals surface area (Å²) in [6.07, 6.45) is 2.59. The van der Waals surface area contributed by atoms with Crippen molar-refractivity contribution in [3.05, 3.63) is 23.2 Å². The smallest absolute Gasteiger partial charge is 0.274 e. The molecule has 0 spiro atoms. The number of morpholine rings is 1. The fourth-order valence-electron chi connectivity index (χ4n) is 1.80. The van der Waals surface area contributed by atoms with E-state index in [-0.39, 0.29) is 29.3 Å². The van der Waals surface area contributed by atoms with E-state index in [4.69, 9.17) is 16.3 Å². The lowest BCUT2D eigenvalue weighted by Crippen LogP contribution is -2.55. The van der Waals surface area contributed by atoms with Gasteiger partial charge < -0.3 is 15.0 Å². The summed E-state index contributed by atoms with van der Waals surface area (Å²) in [6.45, 7) is 0.897. The predicted octanol–water partition coefficient (Wildman–Crippen LogP) is -0.283. The van der Waals surface area contributed by atoms with Crippen molar-refractivity contribution >= 4 is 23.4 Å². The van der Waals surface area contributed by atoms with E-state index in [1.165, 1.54) is 24.3 Å². The van der Waals surface area contributed by atoms with Crippen LogP contribution in [0.4, 0.5) is 0 Å². The van der Waals surface area contributed by atoms with Gasteiger partial charge in [-0.2, -0.15) is 0 Å². The standard InChI is InChI=1S/C11H13ClN4O3/c1-13-10(17)8-6-19-3-2-16(8)11(18)7-4-15-9(12)5-14-7/h4-5,8H,2-3,6H2,1H3,(H,13,17). The molecule has 19 heavy (non-hydrogen) atoms. The monoisotopic (exact) mass is 284 g/mol. The Balaban J connectivity index is 2.20. The zero-order valence-electron chi connectivity index (χ0n) is 10.3. The summed E-state index contributed by atoms with van der Waals surface area (Å²) in [7, 11) is 1.52. The molecule has 0 aliphatic carbocycles. The highest BCUT2D eigenvalue weighted by molar-refractivity contribution is 6.29. The van der Waals surface area contributed by atoms with E-state index in [0.717, 1.165) is 0 Å². The Kier molecular flexibility index (Phi) is 4.28. The fraction of sp³-hybridized carbons (Fsp3) is 0.455. The Morgan fingerprint density at radius 1 is 1.47 bits per heavy atom. The van der Waals surface area contributed by atoms with Gasteiger partial charge in [-0.1, -0.05) is 11.6 Å². The maximum atomic E-state index is 12.3. The minimum Gasteiger partial charge on any atom is -0.377 e. The van der Waals surface area contributed by atoms with Gasteiger partial charge in [0.1, 0.15) is 16.9 Å². The van der Waals surface area contributed by atoms with Crippen LogP contribution in [0.1, 0.15) is 10.5 Å². The lowest BCUT2D eigenvalue weighted by Gasteiger charge is -2.33. The molecule has 0 aromatic carbocycles. The van der Waals surface area contributed by atoms with E-state index in [2.05, 4.69) is 15.3 Å². The highest BCUT2D eigenvalue weighted by Crippen LogP contribution is 2.12. The molecular weight excluding hydrogens is 272 g/mol. The molecule has 1 aromatic heterocycles. The number of nitrogens with zero attached hydrogens (tertiary/aromatic N) is 3. The van der Waals surface area contributed by atoms with Gasteiger partial charge in [0, 0.05) is 13.6 Å². The average Bonchev–Trinajstić information content (AvgIpc) is 2.46. The van der Waals surface area contributed by atoms with Crippen LogP contribution in [0, 0.1) is 0 Å². The van der Waals surface area contributed by atoms with Crippen molar-refractivity contribution < 1.29 is 14.3 Å². The van der Waals surface area contributed by atoms with Crippen molar-refractivity contribution in [2.24, 2.45) is 0 Å². The zero-order valence-corrected chi connectivity index (χ0v) is 11.1. The van der Waals surface area contributed by atoms with E-state index in [1.807, 2.05) is 0 Å². The van der Waals surface area contributed by atoms with Crippen LogP contribution < -0.4 is 5.32 Å². The van der Waals surface area contributed by atoms with Gasteiger partial charge in [-0.3, -0.25) is 9.59 Å². The second-order valence-electron chi connectivity index (χ2n) is 3.93. The largest absolute Gasteiger partial charge is 0.377 e. The van der Waals surface area contributed by atoms with Crippen molar-refractivity contribution in [3.8, 4) is 0 Å². The van der Waals surface area contributed by atoms with Crippen molar-refractivity contribution in [3.63, 3.8) is 0 Å². The molecule has 1 N–H and O–H groups in total. The molecule has 102 valence electrons. The van der Waals surface area contributed by atoms with E-state index in [0.29, 0.717) is 13.2 Å². The first-order valence-electron chi connectivity index (χ1n) is 5.71. The van der Waals surface area contributed by atoms with Crippen LogP contribution in [-0.4, -0.2) is 59.5 Å². The Labute approximate surface area is 114 Å². The van der Waals surface area contributed by atoms with Crippen molar-refractivity contribution in [1.82, 2.24) is 20.2 Å². The molecule has 8 heteroatoms. The van der Waals surface area contributed by atoms with Crippen molar-refractivity contribution in [2.45, 2.75) is 6.04 Å². The van der Waals surface area contributed by atoms with Crippen LogP contribution in [0.5, 0.6) is 0 Å². The Hall–Kier alpha value is -1.73. The molecule has 1 unspecified atom stereocenters. The highest BCUT2D eigenvalue weighted by Gasteiger charge is 2.33. The SMILES string of the molecule is CNC(=O)C1COCCN1C(=O)c1cnc(Cl)cn1. The molecule has 0 radical (unpaired) electrons. The summed E-state index contributed by atoms with van der Waals surface area (Å²) in [6, 6.07) is -0.649. The zero-order chi connectivity index (χ0) is 13.8. The van der Waals surface area contributed by atoms with Gasteiger partial charge in [0.05, 0.1) is 25.6 Å². The Morgan fingerprint density at radius 3 is 2.89 bits per heavy atom. The van der Waals surface area contributed by atoms with E-state index < -0.39 is 6.04 Å². The fourth-order valence-corrected chi connectivity index (χ4v) is 1.90. The number of carbonyl (C=O) groups is 2. The van der Waals surface area contributed by atoms with E-state index in [9.17, 15) is 9.59 Å². The third kappa shape index (κ3) is 2.99. The number of carbonyl (C=O) groups excluding carboxylic acids is 2. The first-order chi connectivity index (χ1) is 9.13. The summed E-state index contributed by atoms with van der Waals surface area (Å²) < 4.78 is 5.23.